The van der Waals surface area contributed by atoms with Crippen LogP contribution in [0.15, 0.2) is 0 Å². The number of alkyl halides is 1. The first-order valence-corrected chi connectivity index (χ1v) is 5.91. The average Bonchev–Trinajstić information content (AvgIpc) is 2.20. The molecule has 1 rings (SSSR count). The lowest BCUT2D eigenvalue weighted by Gasteiger charge is -2.30. The number of carbonyl (C=O) groups is 1. The highest BCUT2D eigenvalue weighted by atomic mass is 35.5. The van der Waals surface area contributed by atoms with Crippen LogP contribution in [-0.2, 0) is 9.53 Å². The maximum atomic E-state index is 10.7. The van der Waals surface area contributed by atoms with Crippen LogP contribution in [-0.4, -0.2) is 45.7 Å². The van der Waals surface area contributed by atoms with Gasteiger partial charge < -0.3 is 20.1 Å². The minimum Gasteiger partial charge on any atom is -0.368 e. The molecule has 1 aliphatic carbocycles. The summed E-state index contributed by atoms with van der Waals surface area (Å²) >= 11 is 5.72. The molecule has 0 saturated heterocycles. The van der Waals surface area contributed by atoms with Gasteiger partial charge in [0.25, 0.3) is 0 Å². The number of ketones is 1. The lowest BCUT2D eigenvalue weighted by molar-refractivity contribution is -0.128. The molecule has 0 aromatic heterocycles. The van der Waals surface area contributed by atoms with Crippen molar-refractivity contribution >= 4 is 17.4 Å². The molecule has 0 radical (unpaired) electrons. The van der Waals surface area contributed by atoms with Gasteiger partial charge in [0.1, 0.15) is 0 Å². The van der Waals surface area contributed by atoms with Crippen LogP contribution in [0.1, 0.15) is 33.1 Å². The number of hydrogen-bond acceptors (Lipinski definition) is 5. The molecular formula is C11H21ClO5. The van der Waals surface area contributed by atoms with Crippen molar-refractivity contribution in [1.29, 1.82) is 0 Å². The summed E-state index contributed by atoms with van der Waals surface area (Å²) in [6.45, 7) is 2.60. The number of rotatable bonds is 4. The summed E-state index contributed by atoms with van der Waals surface area (Å²) in [4.78, 5) is 10.7. The molecule has 3 N–H and O–H groups in total. The van der Waals surface area contributed by atoms with Gasteiger partial charge in [-0.05, 0) is 32.6 Å². The smallest absolute Gasteiger partial charge is 0.156 e. The standard InChI is InChI=1S/C8H13ClO3.C3H8O2/c1-12-7(11)3-2-5-4-6(10)8(5)9;1-3(2,4)5/h5,7-8,11H,2-4H2,1H3;4-5H,1-2H3. The van der Waals surface area contributed by atoms with Crippen LogP contribution < -0.4 is 0 Å². The van der Waals surface area contributed by atoms with Crippen molar-refractivity contribution in [3.05, 3.63) is 0 Å². The Hall–Kier alpha value is -0.200. The van der Waals surface area contributed by atoms with E-state index in [1.807, 2.05) is 0 Å². The third kappa shape index (κ3) is 8.51. The number of ether oxygens (including phenoxy) is 1. The zero-order valence-corrected chi connectivity index (χ0v) is 11.1. The number of aliphatic hydroxyl groups excluding tert-OH is 1. The molecule has 1 aliphatic rings. The summed E-state index contributed by atoms with van der Waals surface area (Å²) in [5.41, 5.74) is 0. The van der Waals surface area contributed by atoms with E-state index in [9.17, 15) is 4.79 Å². The highest BCUT2D eigenvalue weighted by molar-refractivity contribution is 6.33. The highest BCUT2D eigenvalue weighted by Crippen LogP contribution is 2.32. The van der Waals surface area contributed by atoms with E-state index >= 15 is 0 Å². The summed E-state index contributed by atoms with van der Waals surface area (Å²) in [5.74, 6) is -1.14. The monoisotopic (exact) mass is 268 g/mol. The third-order valence-corrected chi connectivity index (χ3v) is 2.84. The Labute approximate surface area is 106 Å². The van der Waals surface area contributed by atoms with Crippen molar-refractivity contribution in [1.82, 2.24) is 0 Å². The van der Waals surface area contributed by atoms with Crippen LogP contribution in [0.3, 0.4) is 0 Å². The predicted molar refractivity (Wildman–Crippen MR) is 63.5 cm³/mol. The van der Waals surface area contributed by atoms with Gasteiger partial charge in [-0.15, -0.1) is 11.6 Å². The number of carbonyl (C=O) groups excluding carboxylic acids is 1. The fraction of sp³-hybridized carbons (Fsp3) is 0.909. The van der Waals surface area contributed by atoms with E-state index in [0.29, 0.717) is 12.8 Å². The number of methoxy groups -OCH3 is 1. The van der Waals surface area contributed by atoms with Crippen LogP contribution in [0.5, 0.6) is 0 Å². The average molecular weight is 269 g/mol. The minimum absolute atomic E-state index is 0.119. The lowest BCUT2D eigenvalue weighted by Crippen LogP contribution is -2.38. The number of aliphatic hydroxyl groups is 3. The molecular weight excluding hydrogens is 248 g/mol. The Morgan fingerprint density at radius 3 is 2.29 bits per heavy atom. The van der Waals surface area contributed by atoms with Gasteiger partial charge in [-0.1, -0.05) is 0 Å². The SMILES string of the molecule is CC(C)(O)O.COC(O)CCC1CC(=O)C1Cl. The van der Waals surface area contributed by atoms with Gasteiger partial charge in [0.05, 0.1) is 5.38 Å². The van der Waals surface area contributed by atoms with Crippen LogP contribution >= 0.6 is 11.6 Å². The minimum atomic E-state index is -1.50. The van der Waals surface area contributed by atoms with E-state index in [4.69, 9.17) is 26.9 Å². The van der Waals surface area contributed by atoms with E-state index < -0.39 is 12.1 Å². The Bertz CT molecular complexity index is 233. The zero-order valence-electron chi connectivity index (χ0n) is 10.4. The molecule has 6 heteroatoms. The van der Waals surface area contributed by atoms with Gasteiger partial charge in [0.15, 0.2) is 17.9 Å². The lowest BCUT2D eigenvalue weighted by atomic mass is 9.80. The van der Waals surface area contributed by atoms with Gasteiger partial charge >= 0.3 is 0 Å². The van der Waals surface area contributed by atoms with Crippen molar-refractivity contribution < 1.29 is 24.9 Å². The molecule has 1 fully saturated rings. The molecule has 3 unspecified atom stereocenters. The molecule has 0 aromatic rings. The van der Waals surface area contributed by atoms with Crippen LogP contribution in [0.25, 0.3) is 0 Å². The van der Waals surface area contributed by atoms with E-state index in [1.54, 1.807) is 0 Å². The zero-order chi connectivity index (χ0) is 13.6. The third-order valence-electron chi connectivity index (χ3n) is 2.24. The van der Waals surface area contributed by atoms with Crippen LogP contribution in [0.4, 0.5) is 0 Å². The second-order valence-electron chi connectivity index (χ2n) is 4.59. The Kier molecular flexibility index (Phi) is 7.20. The van der Waals surface area contributed by atoms with Crippen molar-refractivity contribution in [3.63, 3.8) is 0 Å². The summed E-state index contributed by atoms with van der Waals surface area (Å²) in [6, 6.07) is 0. The summed E-state index contributed by atoms with van der Waals surface area (Å²) < 4.78 is 4.66. The molecule has 0 amide bonds. The number of hydrogen-bond donors (Lipinski definition) is 3. The molecule has 0 heterocycles. The fourth-order valence-electron chi connectivity index (χ4n) is 1.30. The fourth-order valence-corrected chi connectivity index (χ4v) is 1.60. The Morgan fingerprint density at radius 1 is 1.53 bits per heavy atom. The number of halogens is 1. The van der Waals surface area contributed by atoms with E-state index in [-0.39, 0.29) is 17.1 Å². The molecule has 0 aromatic carbocycles. The second-order valence-corrected chi connectivity index (χ2v) is 5.06. The van der Waals surface area contributed by atoms with E-state index in [0.717, 1.165) is 6.42 Å². The summed E-state index contributed by atoms with van der Waals surface area (Å²) in [6.07, 6.45) is 1.15. The number of Topliss-reactive ketones (excluding diaryl/α,β-unsaturated/α-hetero) is 1. The molecule has 1 saturated carbocycles. The quantitative estimate of drug-likeness (QED) is 0.514. The van der Waals surface area contributed by atoms with Gasteiger partial charge in [0, 0.05) is 13.5 Å². The molecule has 17 heavy (non-hydrogen) atoms. The van der Waals surface area contributed by atoms with Gasteiger partial charge in [0.2, 0.25) is 0 Å². The maximum Gasteiger partial charge on any atom is 0.156 e. The van der Waals surface area contributed by atoms with Crippen molar-refractivity contribution in [2.75, 3.05) is 7.11 Å². The highest BCUT2D eigenvalue weighted by Gasteiger charge is 2.37. The van der Waals surface area contributed by atoms with Gasteiger partial charge in [-0.3, -0.25) is 4.79 Å². The molecule has 0 spiro atoms. The maximum absolute atomic E-state index is 10.7. The largest absolute Gasteiger partial charge is 0.368 e. The normalized spacial score (nSPS) is 25.7. The Morgan fingerprint density at radius 2 is 2.00 bits per heavy atom. The molecule has 0 aliphatic heterocycles. The predicted octanol–water partition coefficient (Wildman–Crippen LogP) is 0.635. The first-order valence-electron chi connectivity index (χ1n) is 5.47. The second kappa shape index (κ2) is 7.28. The molecule has 5 nitrogen and oxygen atoms in total. The van der Waals surface area contributed by atoms with E-state index in [1.165, 1.54) is 21.0 Å². The first kappa shape index (κ1) is 16.8. The topological polar surface area (TPSA) is 87.0 Å². The van der Waals surface area contributed by atoms with Crippen molar-refractivity contribution in [3.8, 4) is 0 Å². The molecule has 0 bridgehead atoms. The van der Waals surface area contributed by atoms with Crippen LogP contribution in [0.2, 0.25) is 0 Å². The molecule has 102 valence electrons. The first-order chi connectivity index (χ1) is 7.65. The van der Waals surface area contributed by atoms with E-state index in [2.05, 4.69) is 4.74 Å². The van der Waals surface area contributed by atoms with Crippen molar-refractivity contribution in [2.45, 2.75) is 50.6 Å². The Balaban J connectivity index is 0.000000437. The van der Waals surface area contributed by atoms with Gasteiger partial charge in [-0.2, -0.15) is 0 Å². The molecule has 3 atom stereocenters. The van der Waals surface area contributed by atoms with Crippen LogP contribution in [0, 0.1) is 5.92 Å². The van der Waals surface area contributed by atoms with Crippen molar-refractivity contribution in [2.24, 2.45) is 5.92 Å². The summed E-state index contributed by atoms with van der Waals surface area (Å²) in [5, 5.41) is 24.9. The summed E-state index contributed by atoms with van der Waals surface area (Å²) in [7, 11) is 1.45. The van der Waals surface area contributed by atoms with Gasteiger partial charge in [-0.25, -0.2) is 0 Å².